The van der Waals surface area contributed by atoms with Crippen molar-refractivity contribution in [3.8, 4) is 5.69 Å². The van der Waals surface area contributed by atoms with E-state index in [-0.39, 0.29) is 12.4 Å². The van der Waals surface area contributed by atoms with Gasteiger partial charge in [0.2, 0.25) is 0 Å². The van der Waals surface area contributed by atoms with Crippen LogP contribution in [-0.4, -0.2) is 14.7 Å². The maximum Gasteiger partial charge on any atom is 0.147 e. The number of aryl methyl sites for hydroxylation is 1. The van der Waals surface area contributed by atoms with Crippen molar-refractivity contribution < 1.29 is 9.50 Å². The van der Waals surface area contributed by atoms with Crippen LogP contribution in [0.25, 0.3) is 5.69 Å². The van der Waals surface area contributed by atoms with Crippen molar-refractivity contribution in [2.24, 2.45) is 0 Å². The molecule has 1 aromatic heterocycles. The van der Waals surface area contributed by atoms with E-state index in [1.807, 2.05) is 0 Å². The van der Waals surface area contributed by atoms with Gasteiger partial charge < -0.3 is 5.11 Å². The maximum absolute atomic E-state index is 14.0. The van der Waals surface area contributed by atoms with Crippen LogP contribution in [0.5, 0.6) is 0 Å². The van der Waals surface area contributed by atoms with Gasteiger partial charge in [-0.3, -0.25) is 4.57 Å². The van der Waals surface area contributed by atoms with E-state index in [1.165, 1.54) is 6.07 Å². The molecule has 1 aromatic carbocycles. The van der Waals surface area contributed by atoms with E-state index in [4.69, 9.17) is 0 Å². The van der Waals surface area contributed by atoms with E-state index < -0.39 is 0 Å². The zero-order chi connectivity index (χ0) is 12.5. The highest BCUT2D eigenvalue weighted by Gasteiger charge is 2.19. The lowest BCUT2D eigenvalue weighted by molar-refractivity contribution is 0.281. The molecule has 0 fully saturated rings. The molecule has 0 unspecified atom stereocenters. The summed E-state index contributed by atoms with van der Waals surface area (Å²) in [6.07, 6.45) is 5.82. The summed E-state index contributed by atoms with van der Waals surface area (Å²) in [5.41, 5.74) is 3.19. The van der Waals surface area contributed by atoms with Crippen LogP contribution in [0, 0.1) is 5.82 Å². The Morgan fingerprint density at radius 2 is 2.11 bits per heavy atom. The minimum Gasteiger partial charge on any atom is -0.392 e. The first kappa shape index (κ1) is 11.4. The summed E-state index contributed by atoms with van der Waals surface area (Å²) >= 11 is 0. The van der Waals surface area contributed by atoms with E-state index >= 15 is 0 Å². The Labute approximate surface area is 105 Å². The number of para-hydroxylation sites is 1. The molecule has 0 aliphatic heterocycles. The van der Waals surface area contributed by atoms with Gasteiger partial charge in [0.15, 0.2) is 0 Å². The number of benzene rings is 1. The number of fused-ring (bicyclic) bond motifs is 1. The Hall–Kier alpha value is -1.68. The van der Waals surface area contributed by atoms with Gasteiger partial charge in [-0.05, 0) is 31.7 Å². The van der Waals surface area contributed by atoms with Gasteiger partial charge >= 0.3 is 0 Å². The van der Waals surface area contributed by atoms with Crippen molar-refractivity contribution in [1.82, 2.24) is 9.55 Å². The standard InChI is InChI=1S/C14H15FN2O/c15-11-5-3-4-10(8-18)14(11)17-9-16-12-6-1-2-7-13(12)17/h3-5,9,18H,1-2,6-8H2. The van der Waals surface area contributed by atoms with E-state index in [9.17, 15) is 9.50 Å². The average molecular weight is 246 g/mol. The van der Waals surface area contributed by atoms with Crippen LogP contribution in [0.15, 0.2) is 24.5 Å². The highest BCUT2D eigenvalue weighted by Crippen LogP contribution is 2.26. The Kier molecular flexibility index (Phi) is 2.88. The summed E-state index contributed by atoms with van der Waals surface area (Å²) in [6.45, 7) is -0.167. The second-order valence-electron chi connectivity index (χ2n) is 4.62. The minimum atomic E-state index is -0.313. The van der Waals surface area contributed by atoms with Crippen molar-refractivity contribution in [2.45, 2.75) is 32.3 Å². The number of aliphatic hydroxyl groups excluding tert-OH is 1. The normalized spacial score (nSPS) is 14.6. The zero-order valence-electron chi connectivity index (χ0n) is 10.1. The van der Waals surface area contributed by atoms with Crippen LogP contribution < -0.4 is 0 Å². The third-order valence-corrected chi connectivity index (χ3v) is 3.51. The van der Waals surface area contributed by atoms with Crippen LogP contribution in [0.2, 0.25) is 0 Å². The van der Waals surface area contributed by atoms with Crippen LogP contribution >= 0.6 is 0 Å². The number of aliphatic hydroxyl groups is 1. The lowest BCUT2D eigenvalue weighted by Gasteiger charge is -2.16. The maximum atomic E-state index is 14.0. The molecule has 3 nitrogen and oxygen atoms in total. The summed E-state index contributed by atoms with van der Waals surface area (Å²) in [7, 11) is 0. The van der Waals surface area contributed by atoms with Crippen molar-refractivity contribution in [2.75, 3.05) is 0 Å². The SMILES string of the molecule is OCc1cccc(F)c1-n1cnc2c1CCCC2. The number of hydrogen-bond donors (Lipinski definition) is 1. The van der Waals surface area contributed by atoms with Gasteiger partial charge in [0, 0.05) is 11.3 Å². The van der Waals surface area contributed by atoms with Crippen molar-refractivity contribution in [3.63, 3.8) is 0 Å². The zero-order valence-corrected chi connectivity index (χ0v) is 10.1. The number of imidazole rings is 1. The van der Waals surface area contributed by atoms with Gasteiger partial charge in [-0.15, -0.1) is 0 Å². The topological polar surface area (TPSA) is 38.0 Å². The Bertz CT molecular complexity index is 577. The Balaban J connectivity index is 2.18. The smallest absolute Gasteiger partial charge is 0.147 e. The molecule has 1 heterocycles. The van der Waals surface area contributed by atoms with Crippen LogP contribution in [0.1, 0.15) is 29.8 Å². The Morgan fingerprint density at radius 3 is 2.94 bits per heavy atom. The van der Waals surface area contributed by atoms with Crippen LogP contribution in [0.4, 0.5) is 4.39 Å². The molecule has 18 heavy (non-hydrogen) atoms. The first-order chi connectivity index (χ1) is 8.81. The largest absolute Gasteiger partial charge is 0.392 e. The quantitative estimate of drug-likeness (QED) is 0.883. The fourth-order valence-electron chi connectivity index (χ4n) is 2.62. The molecule has 0 saturated carbocycles. The second kappa shape index (κ2) is 4.53. The Morgan fingerprint density at radius 1 is 1.28 bits per heavy atom. The molecule has 0 saturated heterocycles. The van der Waals surface area contributed by atoms with E-state index in [2.05, 4.69) is 4.98 Å². The summed E-state index contributed by atoms with van der Waals surface area (Å²) in [5.74, 6) is -0.313. The van der Waals surface area contributed by atoms with Gasteiger partial charge in [0.25, 0.3) is 0 Å². The highest BCUT2D eigenvalue weighted by atomic mass is 19.1. The predicted molar refractivity (Wildman–Crippen MR) is 66.1 cm³/mol. The molecular weight excluding hydrogens is 231 g/mol. The molecule has 3 rings (SSSR count). The minimum absolute atomic E-state index is 0.167. The molecule has 0 radical (unpaired) electrons. The number of nitrogens with zero attached hydrogens (tertiary/aromatic N) is 2. The third kappa shape index (κ3) is 1.73. The fourth-order valence-corrected chi connectivity index (χ4v) is 2.62. The van der Waals surface area contributed by atoms with Crippen molar-refractivity contribution in [3.05, 3.63) is 47.3 Å². The molecule has 0 bridgehead atoms. The van der Waals surface area contributed by atoms with Gasteiger partial charge in [0.1, 0.15) is 5.82 Å². The number of hydrogen-bond acceptors (Lipinski definition) is 2. The molecule has 2 aromatic rings. The lowest BCUT2D eigenvalue weighted by atomic mass is 10.0. The summed E-state index contributed by atoms with van der Waals surface area (Å²) in [4.78, 5) is 4.36. The molecule has 1 N–H and O–H groups in total. The van der Waals surface area contributed by atoms with E-state index in [0.717, 1.165) is 37.1 Å². The molecule has 0 atom stereocenters. The van der Waals surface area contributed by atoms with Gasteiger partial charge in [-0.25, -0.2) is 9.37 Å². The molecule has 94 valence electrons. The number of halogens is 1. The number of aromatic nitrogens is 2. The van der Waals surface area contributed by atoms with Crippen molar-refractivity contribution in [1.29, 1.82) is 0 Å². The second-order valence-corrected chi connectivity index (χ2v) is 4.62. The van der Waals surface area contributed by atoms with E-state index in [1.54, 1.807) is 23.0 Å². The highest BCUT2D eigenvalue weighted by molar-refractivity contribution is 5.44. The molecule has 4 heteroatoms. The van der Waals surface area contributed by atoms with Gasteiger partial charge in [0.05, 0.1) is 24.3 Å². The first-order valence-corrected chi connectivity index (χ1v) is 6.25. The molecule has 0 amide bonds. The molecular formula is C14H15FN2O. The van der Waals surface area contributed by atoms with E-state index in [0.29, 0.717) is 11.3 Å². The van der Waals surface area contributed by atoms with Gasteiger partial charge in [-0.2, -0.15) is 0 Å². The molecule has 1 aliphatic rings. The molecule has 0 spiro atoms. The van der Waals surface area contributed by atoms with Crippen molar-refractivity contribution >= 4 is 0 Å². The first-order valence-electron chi connectivity index (χ1n) is 6.25. The summed E-state index contributed by atoms with van der Waals surface area (Å²) in [6, 6.07) is 4.78. The lowest BCUT2D eigenvalue weighted by Crippen LogP contribution is -2.10. The monoisotopic (exact) mass is 246 g/mol. The van der Waals surface area contributed by atoms with Crippen LogP contribution in [-0.2, 0) is 19.4 Å². The average Bonchev–Trinajstić information content (AvgIpc) is 2.82. The third-order valence-electron chi connectivity index (χ3n) is 3.51. The molecule has 1 aliphatic carbocycles. The summed E-state index contributed by atoms with van der Waals surface area (Å²) < 4.78 is 15.8. The number of rotatable bonds is 2. The van der Waals surface area contributed by atoms with Gasteiger partial charge in [-0.1, -0.05) is 12.1 Å². The fraction of sp³-hybridized carbons (Fsp3) is 0.357. The van der Waals surface area contributed by atoms with Crippen LogP contribution in [0.3, 0.4) is 0 Å². The predicted octanol–water partition coefficient (Wildman–Crippen LogP) is 2.38. The summed E-state index contributed by atoms with van der Waals surface area (Å²) in [5, 5.41) is 9.35.